The Hall–Kier alpha value is -1.03. The van der Waals surface area contributed by atoms with Gasteiger partial charge in [0.05, 0.1) is 5.56 Å². The van der Waals surface area contributed by atoms with Crippen LogP contribution in [-0.4, -0.2) is 0 Å². The summed E-state index contributed by atoms with van der Waals surface area (Å²) in [6.07, 6.45) is 0.957. The molecule has 0 saturated carbocycles. The van der Waals surface area contributed by atoms with Gasteiger partial charge in [0.25, 0.3) is 0 Å². The van der Waals surface area contributed by atoms with Crippen LogP contribution in [0.15, 0.2) is 42.5 Å². The maximum Gasteiger partial charge on any atom is 0.416 e. The first-order valence-electron chi connectivity index (χ1n) is 4.61. The third-order valence-corrected chi connectivity index (χ3v) is 2.62. The Balaban J connectivity index is 3.08. The summed E-state index contributed by atoms with van der Waals surface area (Å²) in [5.41, 5.74) is -0.135. The summed E-state index contributed by atoms with van der Waals surface area (Å²) in [4.78, 5) is 0. The molecule has 0 aliphatic rings. The Labute approximate surface area is 101 Å². The zero-order chi connectivity index (χ0) is 12.2. The molecule has 0 N–H and O–H groups in total. The van der Waals surface area contributed by atoms with Gasteiger partial charge in [-0.25, -0.2) is 0 Å². The molecule has 0 saturated heterocycles. The normalized spacial score (nSPS) is 13.4. The summed E-state index contributed by atoms with van der Waals surface area (Å²) in [5.74, 6) is 0. The van der Waals surface area contributed by atoms with Crippen LogP contribution in [0.1, 0.15) is 18.1 Å². The minimum atomic E-state index is -4.30. The molecule has 0 unspecified atom stereocenters. The molecular formula is C12H10BrF3. The fraction of sp³-hybridized carbons (Fsp3) is 0.167. The number of alkyl halides is 3. The highest BCUT2D eigenvalue weighted by molar-refractivity contribution is 9.15. The average molecular weight is 291 g/mol. The Morgan fingerprint density at radius 2 is 2.00 bits per heavy atom. The van der Waals surface area contributed by atoms with Gasteiger partial charge < -0.3 is 0 Å². The van der Waals surface area contributed by atoms with Crippen molar-refractivity contribution < 1.29 is 13.2 Å². The van der Waals surface area contributed by atoms with Crippen LogP contribution in [0.3, 0.4) is 0 Å². The van der Waals surface area contributed by atoms with Gasteiger partial charge in [0.2, 0.25) is 0 Å². The lowest BCUT2D eigenvalue weighted by molar-refractivity contribution is -0.137. The fourth-order valence-corrected chi connectivity index (χ4v) is 1.52. The van der Waals surface area contributed by atoms with Crippen molar-refractivity contribution >= 4 is 20.4 Å². The highest BCUT2D eigenvalue weighted by Gasteiger charge is 2.30. The molecule has 4 heteroatoms. The Bertz CT molecular complexity index is 417. The van der Waals surface area contributed by atoms with Crippen molar-refractivity contribution in [2.45, 2.75) is 13.1 Å². The van der Waals surface area contributed by atoms with Crippen LogP contribution in [0.5, 0.6) is 0 Å². The van der Waals surface area contributed by atoms with Gasteiger partial charge in [0, 0.05) is 4.48 Å². The molecule has 1 aromatic rings. The molecule has 0 radical (unpaired) electrons. The molecule has 0 spiro atoms. The maximum absolute atomic E-state index is 12.4. The average Bonchev–Trinajstić information content (AvgIpc) is 2.25. The molecule has 0 bridgehead atoms. The summed E-state index contributed by atoms with van der Waals surface area (Å²) in [6.45, 7) is 1.84. The molecule has 0 fully saturated rings. The van der Waals surface area contributed by atoms with E-state index in [9.17, 15) is 13.2 Å². The first kappa shape index (κ1) is 13.0. The van der Waals surface area contributed by atoms with E-state index in [1.54, 1.807) is 24.3 Å². The Kier molecular flexibility index (Phi) is 4.35. The highest BCUT2D eigenvalue weighted by Crippen LogP contribution is 2.32. The predicted molar refractivity (Wildman–Crippen MR) is 63.2 cm³/mol. The number of hydrogen-bond acceptors (Lipinski definition) is 0. The van der Waals surface area contributed by atoms with Gasteiger partial charge in [-0.1, -0.05) is 40.2 Å². The van der Waals surface area contributed by atoms with E-state index >= 15 is 0 Å². The summed E-state index contributed by atoms with van der Waals surface area (Å²) in [5, 5.41) is 0. The third kappa shape index (κ3) is 3.52. The van der Waals surface area contributed by atoms with E-state index in [2.05, 4.69) is 15.9 Å². The van der Waals surface area contributed by atoms with E-state index in [4.69, 9.17) is 0 Å². The molecule has 0 amide bonds. The molecule has 0 aliphatic carbocycles. The van der Waals surface area contributed by atoms with E-state index in [1.165, 1.54) is 6.07 Å². The molecule has 0 atom stereocenters. The highest BCUT2D eigenvalue weighted by atomic mass is 79.9. The second kappa shape index (κ2) is 5.34. The monoisotopic (exact) mass is 290 g/mol. The lowest BCUT2D eigenvalue weighted by atomic mass is 10.1. The van der Waals surface area contributed by atoms with E-state index in [-0.39, 0.29) is 0 Å². The predicted octanol–water partition coefficient (Wildman–Crippen LogP) is 5.02. The van der Waals surface area contributed by atoms with Crippen LogP contribution < -0.4 is 0 Å². The van der Waals surface area contributed by atoms with Gasteiger partial charge in [0.1, 0.15) is 0 Å². The molecule has 86 valence electrons. The molecule has 1 aromatic carbocycles. The van der Waals surface area contributed by atoms with Gasteiger partial charge in [-0.3, -0.25) is 0 Å². The standard InChI is InChI=1S/C12H10BrF3/c1-2-3-7-11(13)9-5-4-6-10(8-9)12(14,15)16/h2-8H,1H3. The minimum absolute atomic E-state index is 0.507. The van der Waals surface area contributed by atoms with Crippen molar-refractivity contribution in [2.24, 2.45) is 0 Å². The quantitative estimate of drug-likeness (QED) is 0.671. The van der Waals surface area contributed by atoms with Crippen molar-refractivity contribution in [3.05, 3.63) is 53.6 Å². The van der Waals surface area contributed by atoms with Crippen LogP contribution in [-0.2, 0) is 6.18 Å². The van der Waals surface area contributed by atoms with Crippen molar-refractivity contribution in [1.29, 1.82) is 0 Å². The zero-order valence-corrected chi connectivity index (χ0v) is 10.1. The van der Waals surface area contributed by atoms with Crippen LogP contribution in [0.4, 0.5) is 13.2 Å². The van der Waals surface area contributed by atoms with Crippen molar-refractivity contribution in [3.8, 4) is 0 Å². The number of rotatable bonds is 2. The molecule has 0 heterocycles. The first-order valence-corrected chi connectivity index (χ1v) is 5.40. The van der Waals surface area contributed by atoms with E-state index in [0.29, 0.717) is 10.0 Å². The second-order valence-electron chi connectivity index (χ2n) is 3.12. The molecule has 16 heavy (non-hydrogen) atoms. The lowest BCUT2D eigenvalue weighted by Crippen LogP contribution is -2.04. The number of benzene rings is 1. The molecule has 0 nitrogen and oxygen atoms in total. The second-order valence-corrected chi connectivity index (χ2v) is 3.97. The van der Waals surface area contributed by atoms with Crippen LogP contribution in [0.25, 0.3) is 4.48 Å². The first-order chi connectivity index (χ1) is 7.45. The van der Waals surface area contributed by atoms with Gasteiger partial charge in [-0.05, 0) is 30.7 Å². The summed E-state index contributed by atoms with van der Waals surface area (Å²) < 4.78 is 37.9. The molecule has 0 aromatic heterocycles. The third-order valence-electron chi connectivity index (χ3n) is 1.90. The SMILES string of the molecule is CC=CC=C(Br)c1cccc(C(F)(F)F)c1. The van der Waals surface area contributed by atoms with Crippen molar-refractivity contribution in [3.63, 3.8) is 0 Å². The number of hydrogen-bond donors (Lipinski definition) is 0. The Morgan fingerprint density at radius 3 is 2.56 bits per heavy atom. The fourth-order valence-electron chi connectivity index (χ4n) is 1.12. The van der Waals surface area contributed by atoms with Crippen LogP contribution in [0, 0.1) is 0 Å². The Morgan fingerprint density at radius 1 is 1.31 bits per heavy atom. The largest absolute Gasteiger partial charge is 0.416 e. The zero-order valence-electron chi connectivity index (χ0n) is 8.55. The van der Waals surface area contributed by atoms with Crippen molar-refractivity contribution in [2.75, 3.05) is 0 Å². The number of halogens is 4. The van der Waals surface area contributed by atoms with Gasteiger partial charge >= 0.3 is 6.18 Å². The smallest absolute Gasteiger partial charge is 0.166 e. The molecular weight excluding hydrogens is 281 g/mol. The number of allylic oxidation sites excluding steroid dienone is 3. The summed E-state index contributed by atoms with van der Waals surface area (Å²) >= 11 is 3.23. The molecule has 1 rings (SSSR count). The van der Waals surface area contributed by atoms with Crippen LogP contribution >= 0.6 is 15.9 Å². The van der Waals surface area contributed by atoms with Gasteiger partial charge in [-0.2, -0.15) is 13.2 Å². The van der Waals surface area contributed by atoms with E-state index in [0.717, 1.165) is 12.1 Å². The van der Waals surface area contributed by atoms with Crippen LogP contribution in [0.2, 0.25) is 0 Å². The maximum atomic E-state index is 12.4. The van der Waals surface area contributed by atoms with E-state index < -0.39 is 11.7 Å². The van der Waals surface area contributed by atoms with Crippen molar-refractivity contribution in [1.82, 2.24) is 0 Å². The summed E-state index contributed by atoms with van der Waals surface area (Å²) in [7, 11) is 0. The van der Waals surface area contributed by atoms with E-state index in [1.807, 2.05) is 6.92 Å². The minimum Gasteiger partial charge on any atom is -0.166 e. The summed E-state index contributed by atoms with van der Waals surface area (Å²) in [6, 6.07) is 5.19. The van der Waals surface area contributed by atoms with Gasteiger partial charge in [0.15, 0.2) is 0 Å². The lowest BCUT2D eigenvalue weighted by Gasteiger charge is -2.07. The van der Waals surface area contributed by atoms with Gasteiger partial charge in [-0.15, -0.1) is 0 Å². The molecule has 0 aliphatic heterocycles. The topological polar surface area (TPSA) is 0 Å².